The number of carbonyl (C=O) groups excluding carboxylic acids is 2. The van der Waals surface area contributed by atoms with Crippen molar-refractivity contribution >= 4 is 39.3 Å². The number of sulfonamides is 1. The van der Waals surface area contributed by atoms with Crippen LogP contribution in [-0.2, 0) is 26.2 Å². The summed E-state index contributed by atoms with van der Waals surface area (Å²) < 4.78 is 33.4. The minimum Gasteiger partial charge on any atom is -0.467 e. The molecule has 8 nitrogen and oxygen atoms in total. The van der Waals surface area contributed by atoms with E-state index in [9.17, 15) is 18.0 Å². The maximum atomic E-state index is 13.3. The van der Waals surface area contributed by atoms with Crippen molar-refractivity contribution in [2.45, 2.75) is 54.7 Å². The molecule has 0 spiro atoms. The second-order valence-electron chi connectivity index (χ2n) is 8.68. The maximum Gasteiger partial charge on any atom is 0.243 e. The molecule has 2 aliphatic heterocycles. The Kier molecular flexibility index (Phi) is 7.16. The van der Waals surface area contributed by atoms with Gasteiger partial charge in [0.25, 0.3) is 0 Å². The van der Waals surface area contributed by atoms with Gasteiger partial charge in [-0.3, -0.25) is 9.59 Å². The Morgan fingerprint density at radius 1 is 1.21 bits per heavy atom. The van der Waals surface area contributed by atoms with E-state index in [1.165, 1.54) is 27.2 Å². The largest absolute Gasteiger partial charge is 0.467 e. The number of thioether (sulfide) groups is 1. The van der Waals surface area contributed by atoms with Gasteiger partial charge in [-0.25, -0.2) is 8.42 Å². The second-order valence-corrected chi connectivity index (χ2v) is 12.1. The Labute approximate surface area is 198 Å². The van der Waals surface area contributed by atoms with Gasteiger partial charge in [0.2, 0.25) is 21.8 Å². The van der Waals surface area contributed by atoms with E-state index in [1.54, 1.807) is 30.3 Å². The van der Waals surface area contributed by atoms with Crippen LogP contribution in [0.15, 0.2) is 50.8 Å². The van der Waals surface area contributed by atoms with Gasteiger partial charge < -0.3 is 14.6 Å². The average Bonchev–Trinajstić information content (AvgIpc) is 3.26. The Morgan fingerprint density at radius 3 is 2.67 bits per heavy atom. The summed E-state index contributed by atoms with van der Waals surface area (Å²) in [4.78, 5) is 28.0. The standard InChI is InChI=1S/C23H29N3O5S2/c1-16-7-9-25(10-8-16)33(29,30)19-5-6-21-20(13-19)26(23(28)12-17(2)32-21)15-22(27)24-14-18-4-3-11-31-18/h3-6,11,13,16-17H,7-10,12,14-15H2,1-2H3,(H,24,27)/t17-/m1/s1. The summed E-state index contributed by atoms with van der Waals surface area (Å²) in [6.07, 6.45) is 3.45. The molecule has 3 heterocycles. The van der Waals surface area contributed by atoms with E-state index in [0.29, 0.717) is 30.5 Å². The monoisotopic (exact) mass is 491 g/mol. The summed E-state index contributed by atoms with van der Waals surface area (Å²) in [5.74, 6) is 0.570. The first-order chi connectivity index (χ1) is 15.7. The molecule has 10 heteroatoms. The number of fused-ring (bicyclic) bond motifs is 1. The molecule has 0 bridgehead atoms. The zero-order valence-electron chi connectivity index (χ0n) is 18.8. The lowest BCUT2D eigenvalue weighted by molar-refractivity contribution is -0.124. The van der Waals surface area contributed by atoms with Gasteiger partial charge in [0, 0.05) is 29.7 Å². The van der Waals surface area contributed by atoms with Crippen LogP contribution in [0.4, 0.5) is 5.69 Å². The molecule has 2 aliphatic rings. The molecule has 0 saturated carbocycles. The third-order valence-electron chi connectivity index (χ3n) is 6.03. The van der Waals surface area contributed by atoms with E-state index in [1.807, 2.05) is 6.92 Å². The summed E-state index contributed by atoms with van der Waals surface area (Å²) in [5.41, 5.74) is 0.467. The lowest BCUT2D eigenvalue weighted by Crippen LogP contribution is -2.41. The van der Waals surface area contributed by atoms with E-state index in [2.05, 4.69) is 12.2 Å². The lowest BCUT2D eigenvalue weighted by atomic mass is 10.0. The number of carbonyl (C=O) groups is 2. The van der Waals surface area contributed by atoms with Gasteiger partial charge in [-0.15, -0.1) is 11.8 Å². The van der Waals surface area contributed by atoms with Gasteiger partial charge in [-0.2, -0.15) is 4.31 Å². The molecule has 2 amide bonds. The van der Waals surface area contributed by atoms with Crippen molar-refractivity contribution in [2.75, 3.05) is 24.5 Å². The molecule has 0 radical (unpaired) electrons. The van der Waals surface area contributed by atoms with Crippen LogP contribution in [0.25, 0.3) is 0 Å². The van der Waals surface area contributed by atoms with Crippen LogP contribution in [-0.4, -0.2) is 49.4 Å². The summed E-state index contributed by atoms with van der Waals surface area (Å²) in [6, 6.07) is 8.40. The zero-order valence-corrected chi connectivity index (χ0v) is 20.5. The molecule has 1 atom stereocenters. The number of rotatable bonds is 6. The number of furan rings is 1. The van der Waals surface area contributed by atoms with Gasteiger partial charge in [0.05, 0.1) is 23.4 Å². The van der Waals surface area contributed by atoms with Crippen molar-refractivity contribution in [1.82, 2.24) is 9.62 Å². The van der Waals surface area contributed by atoms with Gasteiger partial charge in [-0.1, -0.05) is 13.8 Å². The summed E-state index contributed by atoms with van der Waals surface area (Å²) >= 11 is 1.52. The zero-order chi connectivity index (χ0) is 23.6. The molecule has 1 N–H and O–H groups in total. The van der Waals surface area contributed by atoms with Crippen LogP contribution in [0.3, 0.4) is 0 Å². The van der Waals surface area contributed by atoms with Crippen molar-refractivity contribution in [3.8, 4) is 0 Å². The van der Waals surface area contributed by atoms with Crippen molar-refractivity contribution < 1.29 is 22.4 Å². The quantitative estimate of drug-likeness (QED) is 0.666. The fourth-order valence-electron chi connectivity index (χ4n) is 4.06. The highest BCUT2D eigenvalue weighted by Crippen LogP contribution is 2.39. The van der Waals surface area contributed by atoms with Crippen molar-refractivity contribution in [3.05, 3.63) is 42.4 Å². The molecule has 1 aromatic carbocycles. The second kappa shape index (κ2) is 9.90. The Morgan fingerprint density at radius 2 is 1.97 bits per heavy atom. The fraction of sp³-hybridized carbons (Fsp3) is 0.478. The Balaban J connectivity index is 1.59. The average molecular weight is 492 g/mol. The molecule has 1 aromatic heterocycles. The predicted molar refractivity (Wildman–Crippen MR) is 126 cm³/mol. The summed E-state index contributed by atoms with van der Waals surface area (Å²) in [5, 5.41) is 2.77. The number of benzene rings is 1. The number of amides is 2. The molecule has 33 heavy (non-hydrogen) atoms. The first-order valence-electron chi connectivity index (χ1n) is 11.1. The molecule has 1 saturated heterocycles. The number of piperidine rings is 1. The minimum atomic E-state index is -3.68. The normalized spacial score (nSPS) is 20.4. The Bertz CT molecular complexity index is 1110. The number of nitrogens with one attached hydrogen (secondary N) is 1. The third-order valence-corrected chi connectivity index (χ3v) is 9.10. The molecule has 178 valence electrons. The molecular formula is C23H29N3O5S2. The lowest BCUT2D eigenvalue weighted by Gasteiger charge is -2.30. The van der Waals surface area contributed by atoms with Crippen LogP contribution in [0.5, 0.6) is 0 Å². The van der Waals surface area contributed by atoms with Crippen molar-refractivity contribution in [3.63, 3.8) is 0 Å². The first kappa shape index (κ1) is 23.8. The molecular weight excluding hydrogens is 462 g/mol. The molecule has 0 aliphatic carbocycles. The Hall–Kier alpha value is -2.30. The van der Waals surface area contributed by atoms with Gasteiger partial charge in [0.15, 0.2) is 0 Å². The van der Waals surface area contributed by atoms with E-state index in [4.69, 9.17) is 4.42 Å². The van der Waals surface area contributed by atoms with Crippen molar-refractivity contribution in [1.29, 1.82) is 0 Å². The van der Waals surface area contributed by atoms with E-state index in [-0.39, 0.29) is 41.5 Å². The highest BCUT2D eigenvalue weighted by atomic mass is 32.2. The number of nitrogens with zero attached hydrogens (tertiary/aromatic N) is 2. The highest BCUT2D eigenvalue weighted by molar-refractivity contribution is 8.00. The summed E-state index contributed by atoms with van der Waals surface area (Å²) in [6.45, 7) is 5.09. The van der Waals surface area contributed by atoms with Crippen LogP contribution in [0.1, 0.15) is 38.9 Å². The molecule has 1 fully saturated rings. The topological polar surface area (TPSA) is 99.9 Å². The number of hydrogen-bond donors (Lipinski definition) is 1. The fourth-order valence-corrected chi connectivity index (χ4v) is 6.65. The van der Waals surface area contributed by atoms with Gasteiger partial charge in [-0.05, 0) is 49.1 Å². The van der Waals surface area contributed by atoms with Gasteiger partial charge >= 0.3 is 0 Å². The highest BCUT2D eigenvalue weighted by Gasteiger charge is 2.32. The van der Waals surface area contributed by atoms with E-state index < -0.39 is 10.0 Å². The number of anilines is 1. The molecule has 2 aromatic rings. The summed E-state index contributed by atoms with van der Waals surface area (Å²) in [7, 11) is -3.68. The maximum absolute atomic E-state index is 13.3. The minimum absolute atomic E-state index is 0.0125. The van der Waals surface area contributed by atoms with Crippen LogP contribution in [0, 0.1) is 5.92 Å². The SMILES string of the molecule is CC1CCN(S(=O)(=O)c2ccc3c(c2)N(CC(=O)NCc2ccco2)C(=O)C[C@@H](C)S3)CC1. The smallest absolute Gasteiger partial charge is 0.243 e. The van der Waals surface area contributed by atoms with Crippen LogP contribution >= 0.6 is 11.8 Å². The predicted octanol–water partition coefficient (Wildman–Crippen LogP) is 3.23. The van der Waals surface area contributed by atoms with E-state index in [0.717, 1.165) is 17.7 Å². The first-order valence-corrected chi connectivity index (χ1v) is 13.5. The van der Waals surface area contributed by atoms with Crippen LogP contribution in [0.2, 0.25) is 0 Å². The van der Waals surface area contributed by atoms with Crippen molar-refractivity contribution in [2.24, 2.45) is 5.92 Å². The van der Waals surface area contributed by atoms with E-state index >= 15 is 0 Å². The molecule has 4 rings (SSSR count). The third kappa shape index (κ3) is 5.44. The van der Waals surface area contributed by atoms with Crippen LogP contribution < -0.4 is 10.2 Å². The molecule has 0 unspecified atom stereocenters. The van der Waals surface area contributed by atoms with Gasteiger partial charge in [0.1, 0.15) is 12.3 Å². The number of hydrogen-bond acceptors (Lipinski definition) is 6.